The zero-order valence-corrected chi connectivity index (χ0v) is 26.3. The molecule has 0 saturated carbocycles. The van der Waals surface area contributed by atoms with Crippen LogP contribution in [0.15, 0.2) is 59.5 Å². The predicted molar refractivity (Wildman–Crippen MR) is 173 cm³/mol. The van der Waals surface area contributed by atoms with Gasteiger partial charge in [0.2, 0.25) is 10.0 Å². The number of nitrogens with one attached hydrogen (secondary N) is 1. The Labute approximate surface area is 256 Å². The number of nitrogens with two attached hydrogens (primary N) is 1. The van der Waals surface area contributed by atoms with Crippen molar-refractivity contribution in [2.24, 2.45) is 5.14 Å². The Morgan fingerprint density at radius 2 is 1.54 bits per heavy atom. The fraction of sp³-hybridized carbons (Fsp3) is 0.500. The molecular weight excluding hydrogens is 578 g/mol. The van der Waals surface area contributed by atoms with E-state index in [9.17, 15) is 12.8 Å². The molecule has 2 aromatic carbocycles. The van der Waals surface area contributed by atoms with Crippen molar-refractivity contribution < 1.29 is 12.8 Å². The van der Waals surface area contributed by atoms with Gasteiger partial charge in [-0.1, -0.05) is 44.2 Å². The zero-order chi connectivity index (χ0) is 29.5. The number of hydrogen-bond acceptors (Lipinski definition) is 7. The summed E-state index contributed by atoms with van der Waals surface area (Å²) in [6.07, 6.45) is 8.95. The number of halogens is 1. The van der Waals surface area contributed by atoms with Gasteiger partial charge in [0.05, 0.1) is 17.1 Å². The quantitative estimate of drug-likeness (QED) is 0.101. The maximum absolute atomic E-state index is 13.6. The standard InChI is InChI=1S/C30H44FN5O2S3/c31-26-15-13-25(14-16-26)29-24-27(34-36(29)28-11-7-8-12-30(28)41(32,37)38)10-6-4-2-1-3-5-9-19-35(21-23-40)20-17-33-18-22-39/h7-8,11-16,24,33,39-40H,1-6,9-10,17-23H2,(H2,32,37,38). The molecule has 0 bridgehead atoms. The van der Waals surface area contributed by atoms with Crippen molar-refractivity contribution in [1.29, 1.82) is 0 Å². The van der Waals surface area contributed by atoms with E-state index in [2.05, 4.69) is 35.5 Å². The highest BCUT2D eigenvalue weighted by molar-refractivity contribution is 7.89. The number of sulfonamides is 1. The summed E-state index contributed by atoms with van der Waals surface area (Å²) < 4.78 is 39.7. The molecule has 1 heterocycles. The third-order valence-corrected chi connectivity index (χ3v) is 8.40. The first-order valence-corrected chi connectivity index (χ1v) is 17.3. The molecule has 0 saturated heterocycles. The second-order valence-electron chi connectivity index (χ2n) is 10.2. The van der Waals surface area contributed by atoms with Gasteiger partial charge < -0.3 is 10.2 Å². The van der Waals surface area contributed by atoms with Gasteiger partial charge in [0.1, 0.15) is 10.7 Å². The number of rotatable bonds is 20. The molecule has 0 fully saturated rings. The van der Waals surface area contributed by atoms with E-state index in [-0.39, 0.29) is 10.7 Å². The van der Waals surface area contributed by atoms with E-state index in [4.69, 9.17) is 10.2 Å². The van der Waals surface area contributed by atoms with Crippen molar-refractivity contribution in [2.75, 3.05) is 44.2 Å². The second kappa shape index (κ2) is 17.9. The van der Waals surface area contributed by atoms with Gasteiger partial charge in [0.25, 0.3) is 0 Å². The number of aryl methyl sites for hydroxylation is 1. The fourth-order valence-electron chi connectivity index (χ4n) is 4.88. The predicted octanol–water partition coefficient (Wildman–Crippen LogP) is 5.35. The molecule has 0 amide bonds. The second-order valence-corrected chi connectivity index (χ2v) is 12.6. The van der Waals surface area contributed by atoms with E-state index in [1.165, 1.54) is 50.3 Å². The van der Waals surface area contributed by atoms with Crippen LogP contribution in [0.4, 0.5) is 4.39 Å². The van der Waals surface area contributed by atoms with E-state index in [0.717, 1.165) is 74.7 Å². The topological polar surface area (TPSA) is 93.2 Å². The summed E-state index contributed by atoms with van der Waals surface area (Å²) in [7, 11) is -3.96. The number of nitrogens with zero attached hydrogens (tertiary/aromatic N) is 3. The molecule has 0 aliphatic carbocycles. The molecule has 3 aromatic rings. The number of unbranched alkanes of at least 4 members (excludes halogenated alkanes) is 6. The van der Waals surface area contributed by atoms with Gasteiger partial charge >= 0.3 is 0 Å². The lowest BCUT2D eigenvalue weighted by Gasteiger charge is -2.21. The number of primary sulfonamides is 1. The Bertz CT molecular complexity index is 1290. The van der Waals surface area contributed by atoms with Crippen molar-refractivity contribution in [1.82, 2.24) is 20.0 Å². The van der Waals surface area contributed by atoms with Gasteiger partial charge in [-0.25, -0.2) is 22.6 Å². The van der Waals surface area contributed by atoms with Gasteiger partial charge in [-0.15, -0.1) is 0 Å². The largest absolute Gasteiger partial charge is 0.315 e. The first-order valence-electron chi connectivity index (χ1n) is 14.5. The minimum Gasteiger partial charge on any atom is -0.315 e. The summed E-state index contributed by atoms with van der Waals surface area (Å²) in [4.78, 5) is 2.48. The molecule has 0 unspecified atom stereocenters. The third kappa shape index (κ3) is 11.4. The van der Waals surface area contributed by atoms with Gasteiger partial charge in [-0.3, -0.25) is 0 Å². The van der Waals surface area contributed by atoms with Gasteiger partial charge in [-0.2, -0.15) is 30.4 Å². The van der Waals surface area contributed by atoms with Crippen molar-refractivity contribution in [2.45, 2.75) is 56.3 Å². The number of hydrogen-bond donors (Lipinski definition) is 4. The molecule has 0 spiro atoms. The van der Waals surface area contributed by atoms with Crippen molar-refractivity contribution in [3.05, 3.63) is 66.1 Å². The van der Waals surface area contributed by atoms with Gasteiger partial charge in [-0.05, 0) is 68.3 Å². The van der Waals surface area contributed by atoms with Crippen molar-refractivity contribution in [3.8, 4) is 16.9 Å². The zero-order valence-electron chi connectivity index (χ0n) is 23.7. The van der Waals surface area contributed by atoms with E-state index in [1.54, 1.807) is 35.0 Å². The lowest BCUT2D eigenvalue weighted by molar-refractivity contribution is 0.283. The highest BCUT2D eigenvalue weighted by Crippen LogP contribution is 2.28. The molecule has 0 atom stereocenters. The van der Waals surface area contributed by atoms with Crippen LogP contribution in [0, 0.1) is 5.82 Å². The molecule has 1 aromatic heterocycles. The molecule has 0 aliphatic rings. The molecule has 7 nitrogen and oxygen atoms in total. The summed E-state index contributed by atoms with van der Waals surface area (Å²) in [6.45, 7) is 5.15. The highest BCUT2D eigenvalue weighted by atomic mass is 32.2. The maximum atomic E-state index is 13.6. The first-order chi connectivity index (χ1) is 19.8. The third-order valence-electron chi connectivity index (χ3n) is 7.02. The highest BCUT2D eigenvalue weighted by Gasteiger charge is 2.19. The maximum Gasteiger partial charge on any atom is 0.240 e. The van der Waals surface area contributed by atoms with Crippen LogP contribution in [0.25, 0.3) is 16.9 Å². The summed E-state index contributed by atoms with van der Waals surface area (Å²) >= 11 is 8.64. The molecule has 226 valence electrons. The average molecular weight is 622 g/mol. The van der Waals surface area contributed by atoms with Crippen LogP contribution in [0.5, 0.6) is 0 Å². The van der Waals surface area contributed by atoms with Crippen LogP contribution in [0.3, 0.4) is 0 Å². The normalized spacial score (nSPS) is 11.9. The minimum absolute atomic E-state index is 0.00285. The molecule has 0 aliphatic heterocycles. The lowest BCUT2D eigenvalue weighted by Crippen LogP contribution is -2.34. The van der Waals surface area contributed by atoms with Crippen molar-refractivity contribution in [3.63, 3.8) is 0 Å². The van der Waals surface area contributed by atoms with E-state index in [0.29, 0.717) is 11.4 Å². The van der Waals surface area contributed by atoms with E-state index in [1.807, 2.05) is 6.07 Å². The SMILES string of the molecule is NS(=O)(=O)c1ccccc1-n1nc(CCCCCCCCCN(CCS)CCNCCS)cc1-c1ccc(F)cc1. The molecule has 11 heteroatoms. The number of para-hydroxylation sites is 1. The number of thiol groups is 2. The fourth-order valence-corrected chi connectivity index (χ4v) is 6.03. The Balaban J connectivity index is 1.50. The molecule has 3 N–H and O–H groups in total. The Kier molecular flexibility index (Phi) is 14.7. The number of benzene rings is 2. The van der Waals surface area contributed by atoms with Crippen LogP contribution < -0.4 is 10.5 Å². The monoisotopic (exact) mass is 621 g/mol. The number of aromatic nitrogens is 2. The van der Waals surface area contributed by atoms with Crippen molar-refractivity contribution >= 4 is 35.3 Å². The summed E-state index contributed by atoms with van der Waals surface area (Å²) in [5.74, 6) is 1.41. The summed E-state index contributed by atoms with van der Waals surface area (Å²) in [6, 6.07) is 14.6. The molecule has 3 rings (SSSR count). The minimum atomic E-state index is -3.96. The smallest absolute Gasteiger partial charge is 0.240 e. The Morgan fingerprint density at radius 1 is 0.854 bits per heavy atom. The lowest BCUT2D eigenvalue weighted by atomic mass is 10.1. The Hall–Kier alpha value is -1.89. The molecule has 0 radical (unpaired) electrons. The molecular formula is C30H44FN5O2S3. The van der Waals surface area contributed by atoms with Crippen LogP contribution >= 0.6 is 25.3 Å². The van der Waals surface area contributed by atoms with E-state index >= 15 is 0 Å². The van der Waals surface area contributed by atoms with Crippen LogP contribution in [0.2, 0.25) is 0 Å². The van der Waals surface area contributed by atoms with Crippen LogP contribution in [-0.2, 0) is 16.4 Å². The van der Waals surface area contributed by atoms with Crippen LogP contribution in [-0.4, -0.2) is 67.3 Å². The molecule has 41 heavy (non-hydrogen) atoms. The van der Waals surface area contributed by atoms with Gasteiger partial charge in [0, 0.05) is 43.2 Å². The van der Waals surface area contributed by atoms with E-state index < -0.39 is 10.0 Å². The van der Waals surface area contributed by atoms with Crippen LogP contribution in [0.1, 0.15) is 50.6 Å². The summed E-state index contributed by atoms with van der Waals surface area (Å²) in [5, 5.41) is 13.7. The Morgan fingerprint density at radius 3 is 2.22 bits per heavy atom. The van der Waals surface area contributed by atoms with Gasteiger partial charge in [0.15, 0.2) is 0 Å². The summed E-state index contributed by atoms with van der Waals surface area (Å²) in [5.41, 5.74) is 2.68. The average Bonchev–Trinajstić information content (AvgIpc) is 3.38. The first kappa shape index (κ1) is 33.6.